The van der Waals surface area contributed by atoms with Crippen LogP contribution in [-0.2, 0) is 0 Å². The van der Waals surface area contributed by atoms with Crippen LogP contribution in [0.15, 0.2) is 42.6 Å². The fraction of sp³-hybridized carbons (Fsp3) is 0.318. The number of aromatic nitrogens is 3. The molecule has 9 nitrogen and oxygen atoms in total. The molecule has 10 heteroatoms. The van der Waals surface area contributed by atoms with Gasteiger partial charge in [0.15, 0.2) is 10.9 Å². The number of aryl methyl sites for hydroxylation is 1. The molecular weight excluding hydrogens is 428 g/mol. The number of thiazole rings is 1. The molecule has 2 aromatic heterocycles. The monoisotopic (exact) mass is 452 g/mol. The summed E-state index contributed by atoms with van der Waals surface area (Å²) in [5, 5.41) is 12.6. The lowest BCUT2D eigenvalue weighted by atomic mass is 10.1. The number of hydrogen-bond donors (Lipinski definition) is 2. The van der Waals surface area contributed by atoms with Gasteiger partial charge in [0.1, 0.15) is 22.3 Å². The molecule has 0 bridgehead atoms. The lowest BCUT2D eigenvalue weighted by Crippen LogP contribution is -2.47. The number of anilines is 3. The quantitative estimate of drug-likeness (QED) is 0.498. The molecule has 0 saturated carbocycles. The van der Waals surface area contributed by atoms with E-state index in [0.29, 0.717) is 23.2 Å². The maximum absolute atomic E-state index is 12.3. The van der Waals surface area contributed by atoms with E-state index in [1.54, 1.807) is 0 Å². The molecule has 1 aromatic carbocycles. The van der Waals surface area contributed by atoms with Crippen LogP contribution in [0.25, 0.3) is 0 Å². The van der Waals surface area contributed by atoms with Crippen LogP contribution in [0.2, 0.25) is 0 Å². The fourth-order valence-corrected chi connectivity index (χ4v) is 4.21. The summed E-state index contributed by atoms with van der Waals surface area (Å²) >= 11 is 1.06. The Hall–Kier alpha value is -3.37. The Kier molecular flexibility index (Phi) is 6.72. The standard InChI is InChI=1S/C22H24N6O3S/c1-15-24-19(26-22-23-14-18(32-22)21(30)31)13-20(25-15)28-11-9-27(10-12-28)8-7-17(29)16-5-3-2-4-6-16/h2-6,13-14H,7-12H2,1H3,(H,30,31)(H,23,24,25,26). The molecule has 1 aliphatic heterocycles. The van der Waals surface area contributed by atoms with E-state index in [4.69, 9.17) is 5.11 Å². The Bertz CT molecular complexity index is 1100. The van der Waals surface area contributed by atoms with Gasteiger partial charge in [0.05, 0.1) is 6.20 Å². The maximum Gasteiger partial charge on any atom is 0.347 e. The van der Waals surface area contributed by atoms with Crippen molar-refractivity contribution in [2.75, 3.05) is 42.9 Å². The van der Waals surface area contributed by atoms with Gasteiger partial charge in [-0.3, -0.25) is 9.69 Å². The molecule has 0 aliphatic carbocycles. The molecule has 3 heterocycles. The molecule has 4 rings (SSSR count). The number of nitrogens with one attached hydrogen (secondary N) is 1. The molecule has 0 unspecified atom stereocenters. The second-order valence-corrected chi connectivity index (χ2v) is 8.52. The van der Waals surface area contributed by atoms with Gasteiger partial charge < -0.3 is 15.3 Å². The number of carboxylic acids is 1. The summed E-state index contributed by atoms with van der Waals surface area (Å²) in [6.45, 7) is 5.87. The number of nitrogens with zero attached hydrogens (tertiary/aromatic N) is 5. The Morgan fingerprint density at radius 3 is 2.56 bits per heavy atom. The van der Waals surface area contributed by atoms with Crippen LogP contribution in [0.3, 0.4) is 0 Å². The zero-order valence-corrected chi connectivity index (χ0v) is 18.5. The van der Waals surface area contributed by atoms with Gasteiger partial charge in [-0.05, 0) is 6.92 Å². The first kappa shape index (κ1) is 21.8. The normalized spacial score (nSPS) is 14.3. The van der Waals surface area contributed by atoms with E-state index < -0.39 is 5.97 Å². The smallest absolute Gasteiger partial charge is 0.347 e. The minimum Gasteiger partial charge on any atom is -0.477 e. The summed E-state index contributed by atoms with van der Waals surface area (Å²) in [6, 6.07) is 11.3. The van der Waals surface area contributed by atoms with Crippen LogP contribution in [-0.4, -0.2) is 69.4 Å². The second kappa shape index (κ2) is 9.84. The molecule has 32 heavy (non-hydrogen) atoms. The number of piperazine rings is 1. The number of carbonyl (C=O) groups excluding carboxylic acids is 1. The SMILES string of the molecule is Cc1nc(Nc2ncc(C(=O)O)s2)cc(N2CCN(CCC(=O)c3ccccc3)CC2)n1. The van der Waals surface area contributed by atoms with Crippen molar-refractivity contribution < 1.29 is 14.7 Å². The number of ketones is 1. The third-order valence-corrected chi connectivity index (χ3v) is 6.12. The molecule has 0 atom stereocenters. The number of hydrogen-bond acceptors (Lipinski definition) is 9. The molecule has 1 saturated heterocycles. The van der Waals surface area contributed by atoms with Crippen LogP contribution in [0.4, 0.5) is 16.8 Å². The van der Waals surface area contributed by atoms with Gasteiger partial charge in [0.25, 0.3) is 0 Å². The van der Waals surface area contributed by atoms with Gasteiger partial charge in [-0.2, -0.15) is 0 Å². The third kappa shape index (κ3) is 5.45. The number of Topliss-reactive ketones (excluding diaryl/α,β-unsaturated/α-hetero) is 1. The Morgan fingerprint density at radius 1 is 1.12 bits per heavy atom. The van der Waals surface area contributed by atoms with Crippen molar-refractivity contribution in [2.45, 2.75) is 13.3 Å². The van der Waals surface area contributed by atoms with Crippen LogP contribution in [0.5, 0.6) is 0 Å². The minimum absolute atomic E-state index is 0.167. The number of carboxylic acid groups (broad SMARTS) is 1. The predicted octanol–water partition coefficient (Wildman–Crippen LogP) is 3.08. The van der Waals surface area contributed by atoms with Crippen LogP contribution in [0.1, 0.15) is 32.3 Å². The average Bonchev–Trinajstić information content (AvgIpc) is 3.27. The summed E-state index contributed by atoms with van der Waals surface area (Å²) in [6.07, 6.45) is 1.84. The summed E-state index contributed by atoms with van der Waals surface area (Å²) in [5.41, 5.74) is 0.762. The molecule has 3 aromatic rings. The number of benzene rings is 1. The highest BCUT2D eigenvalue weighted by atomic mass is 32.1. The Balaban J connectivity index is 1.33. The lowest BCUT2D eigenvalue weighted by Gasteiger charge is -2.35. The van der Waals surface area contributed by atoms with Crippen molar-refractivity contribution in [2.24, 2.45) is 0 Å². The van der Waals surface area contributed by atoms with Crippen molar-refractivity contribution >= 4 is 39.9 Å². The fourth-order valence-electron chi connectivity index (χ4n) is 3.55. The van der Waals surface area contributed by atoms with Crippen molar-refractivity contribution in [3.8, 4) is 0 Å². The highest BCUT2D eigenvalue weighted by Gasteiger charge is 2.20. The number of aromatic carboxylic acids is 1. The average molecular weight is 453 g/mol. The van der Waals surface area contributed by atoms with Crippen LogP contribution >= 0.6 is 11.3 Å². The topological polar surface area (TPSA) is 112 Å². The van der Waals surface area contributed by atoms with E-state index >= 15 is 0 Å². The summed E-state index contributed by atoms with van der Waals surface area (Å²) in [7, 11) is 0. The van der Waals surface area contributed by atoms with Crippen LogP contribution < -0.4 is 10.2 Å². The highest BCUT2D eigenvalue weighted by molar-refractivity contribution is 7.17. The first-order valence-corrected chi connectivity index (χ1v) is 11.2. The zero-order valence-electron chi connectivity index (χ0n) is 17.7. The molecule has 0 amide bonds. The molecule has 2 N–H and O–H groups in total. The first-order valence-electron chi connectivity index (χ1n) is 10.4. The van der Waals surface area contributed by atoms with Crippen molar-refractivity contribution in [1.82, 2.24) is 19.9 Å². The number of rotatable bonds is 8. The van der Waals surface area contributed by atoms with Gasteiger partial charge in [0.2, 0.25) is 0 Å². The van der Waals surface area contributed by atoms with Crippen molar-refractivity contribution in [3.63, 3.8) is 0 Å². The van der Waals surface area contributed by atoms with Gasteiger partial charge >= 0.3 is 5.97 Å². The zero-order chi connectivity index (χ0) is 22.5. The molecular formula is C22H24N6O3S. The van der Waals surface area contributed by atoms with E-state index in [2.05, 4.69) is 30.1 Å². The minimum atomic E-state index is -1.00. The molecule has 1 fully saturated rings. The van der Waals surface area contributed by atoms with E-state index in [0.717, 1.165) is 55.4 Å². The Morgan fingerprint density at radius 2 is 1.88 bits per heavy atom. The third-order valence-electron chi connectivity index (χ3n) is 5.22. The maximum atomic E-state index is 12.3. The Labute approximate surface area is 189 Å². The van der Waals surface area contributed by atoms with E-state index in [9.17, 15) is 9.59 Å². The summed E-state index contributed by atoms with van der Waals surface area (Å²) < 4.78 is 0. The van der Waals surface area contributed by atoms with Gasteiger partial charge in [-0.15, -0.1) is 0 Å². The molecule has 0 spiro atoms. The number of carbonyl (C=O) groups is 2. The molecule has 0 radical (unpaired) electrons. The lowest BCUT2D eigenvalue weighted by molar-refractivity contribution is 0.0701. The van der Waals surface area contributed by atoms with Crippen molar-refractivity contribution in [1.29, 1.82) is 0 Å². The van der Waals surface area contributed by atoms with Gasteiger partial charge in [-0.1, -0.05) is 41.7 Å². The summed E-state index contributed by atoms with van der Waals surface area (Å²) in [4.78, 5) is 41.1. The molecule has 166 valence electrons. The highest BCUT2D eigenvalue weighted by Crippen LogP contribution is 2.24. The van der Waals surface area contributed by atoms with Crippen LogP contribution in [0, 0.1) is 6.92 Å². The van der Waals surface area contributed by atoms with Gasteiger partial charge in [-0.25, -0.2) is 19.7 Å². The molecule has 1 aliphatic rings. The second-order valence-electron chi connectivity index (χ2n) is 7.49. The van der Waals surface area contributed by atoms with E-state index in [1.165, 1.54) is 6.20 Å². The predicted molar refractivity (Wildman–Crippen MR) is 123 cm³/mol. The first-order chi connectivity index (χ1) is 15.5. The summed E-state index contributed by atoms with van der Waals surface area (Å²) in [5.74, 6) is 1.18. The largest absolute Gasteiger partial charge is 0.477 e. The van der Waals surface area contributed by atoms with E-state index in [1.807, 2.05) is 43.3 Å². The van der Waals surface area contributed by atoms with Crippen molar-refractivity contribution in [3.05, 3.63) is 58.9 Å². The van der Waals surface area contributed by atoms with Gasteiger partial charge in [0, 0.05) is 50.8 Å². The van der Waals surface area contributed by atoms with E-state index in [-0.39, 0.29) is 10.7 Å².